The van der Waals surface area contributed by atoms with Crippen molar-refractivity contribution in [2.45, 2.75) is 25.4 Å². The molecular weight excluding hydrogens is 284 g/mol. The Bertz CT molecular complexity index is 334. The van der Waals surface area contributed by atoms with E-state index in [0.717, 1.165) is 5.56 Å². The molecule has 0 unspecified atom stereocenters. The van der Waals surface area contributed by atoms with Crippen LogP contribution in [0.15, 0.2) is 30.3 Å². The molecule has 0 atom stereocenters. The van der Waals surface area contributed by atoms with Gasteiger partial charge in [0.2, 0.25) is 0 Å². The summed E-state index contributed by atoms with van der Waals surface area (Å²) in [7, 11) is 0. The fourth-order valence-corrected chi connectivity index (χ4v) is 2.01. The molecule has 0 amide bonds. The Balaban J connectivity index is 1.83. The van der Waals surface area contributed by atoms with Crippen molar-refractivity contribution < 1.29 is 14.2 Å². The zero-order valence-electron chi connectivity index (χ0n) is 9.90. The fraction of sp³-hybridized carbons (Fsp3) is 0.538. The molecule has 0 N–H and O–H groups in total. The standard InChI is InChI=1S/C13H17BrO3/c1-13(9-15-12(7-14)16-10-13)17-8-11-5-3-2-4-6-11/h2-6,12H,7-10H2,1H3/t12-,13-. The third-order valence-electron chi connectivity index (χ3n) is 2.71. The molecule has 0 bridgehead atoms. The van der Waals surface area contributed by atoms with Gasteiger partial charge in [-0.15, -0.1) is 0 Å². The molecule has 0 saturated carbocycles. The number of alkyl halides is 1. The van der Waals surface area contributed by atoms with E-state index in [1.807, 2.05) is 25.1 Å². The predicted molar refractivity (Wildman–Crippen MR) is 69.1 cm³/mol. The molecule has 1 aliphatic rings. The van der Waals surface area contributed by atoms with Crippen LogP contribution in [0.2, 0.25) is 0 Å². The number of ether oxygens (including phenoxy) is 3. The van der Waals surface area contributed by atoms with Crippen molar-refractivity contribution in [1.29, 1.82) is 0 Å². The van der Waals surface area contributed by atoms with E-state index >= 15 is 0 Å². The summed E-state index contributed by atoms with van der Waals surface area (Å²) < 4.78 is 17.0. The van der Waals surface area contributed by atoms with Crippen molar-refractivity contribution in [3.63, 3.8) is 0 Å². The molecule has 0 aromatic heterocycles. The number of hydrogen-bond acceptors (Lipinski definition) is 3. The van der Waals surface area contributed by atoms with Crippen LogP contribution in [-0.2, 0) is 20.8 Å². The normalized spacial score (nSPS) is 29.2. The summed E-state index contributed by atoms with van der Waals surface area (Å²) in [5.74, 6) is 0. The minimum Gasteiger partial charge on any atom is -0.366 e. The molecule has 1 saturated heterocycles. The van der Waals surface area contributed by atoms with E-state index in [0.29, 0.717) is 25.2 Å². The third kappa shape index (κ3) is 3.78. The highest BCUT2D eigenvalue weighted by atomic mass is 79.9. The third-order valence-corrected chi connectivity index (χ3v) is 3.23. The van der Waals surface area contributed by atoms with Gasteiger partial charge in [0.15, 0.2) is 6.29 Å². The second-order valence-corrected chi connectivity index (χ2v) is 5.08. The Kier molecular flexibility index (Phi) is 4.56. The Morgan fingerprint density at radius 3 is 2.53 bits per heavy atom. The minimum absolute atomic E-state index is 0.150. The first-order valence-electron chi connectivity index (χ1n) is 5.69. The maximum atomic E-state index is 5.88. The van der Waals surface area contributed by atoms with E-state index in [-0.39, 0.29) is 11.9 Å². The lowest BCUT2D eigenvalue weighted by Gasteiger charge is -2.36. The quantitative estimate of drug-likeness (QED) is 0.800. The molecule has 1 aromatic carbocycles. The molecule has 0 spiro atoms. The molecule has 1 aromatic rings. The number of halogens is 1. The molecule has 0 aliphatic carbocycles. The van der Waals surface area contributed by atoms with Gasteiger partial charge in [0.1, 0.15) is 5.60 Å². The highest BCUT2D eigenvalue weighted by Gasteiger charge is 2.33. The molecule has 1 aliphatic heterocycles. The van der Waals surface area contributed by atoms with Crippen LogP contribution in [0.3, 0.4) is 0 Å². The second kappa shape index (κ2) is 5.96. The molecular formula is C13H17BrO3. The van der Waals surface area contributed by atoms with Gasteiger partial charge in [-0.05, 0) is 12.5 Å². The van der Waals surface area contributed by atoms with E-state index in [9.17, 15) is 0 Å². The average Bonchev–Trinajstić information content (AvgIpc) is 2.39. The van der Waals surface area contributed by atoms with E-state index < -0.39 is 0 Å². The van der Waals surface area contributed by atoms with Crippen LogP contribution in [0.25, 0.3) is 0 Å². The topological polar surface area (TPSA) is 27.7 Å². The lowest BCUT2D eigenvalue weighted by Crippen LogP contribution is -2.47. The Morgan fingerprint density at radius 1 is 1.29 bits per heavy atom. The van der Waals surface area contributed by atoms with Gasteiger partial charge in [-0.3, -0.25) is 0 Å². The number of rotatable bonds is 4. The van der Waals surface area contributed by atoms with Crippen molar-refractivity contribution in [3.8, 4) is 0 Å². The van der Waals surface area contributed by atoms with Crippen LogP contribution in [0.5, 0.6) is 0 Å². The fourth-order valence-electron chi connectivity index (χ4n) is 1.63. The lowest BCUT2D eigenvalue weighted by atomic mass is 10.1. The average molecular weight is 301 g/mol. The summed E-state index contributed by atoms with van der Waals surface area (Å²) in [5, 5.41) is 0.696. The molecule has 3 nitrogen and oxygen atoms in total. The first-order chi connectivity index (χ1) is 8.22. The zero-order chi connectivity index (χ0) is 12.1. The van der Waals surface area contributed by atoms with Crippen LogP contribution >= 0.6 is 15.9 Å². The maximum absolute atomic E-state index is 5.88. The Labute approximate surface area is 110 Å². The highest BCUT2D eigenvalue weighted by molar-refractivity contribution is 9.09. The molecule has 2 rings (SSSR count). The van der Waals surface area contributed by atoms with Crippen molar-refractivity contribution in [3.05, 3.63) is 35.9 Å². The second-order valence-electron chi connectivity index (χ2n) is 4.43. The highest BCUT2D eigenvalue weighted by Crippen LogP contribution is 2.21. The van der Waals surface area contributed by atoms with Gasteiger partial charge in [-0.25, -0.2) is 0 Å². The van der Waals surface area contributed by atoms with Gasteiger partial charge < -0.3 is 14.2 Å². The van der Waals surface area contributed by atoms with Gasteiger partial charge in [-0.2, -0.15) is 0 Å². The van der Waals surface area contributed by atoms with E-state index in [1.165, 1.54) is 0 Å². The van der Waals surface area contributed by atoms with Crippen LogP contribution < -0.4 is 0 Å². The SMILES string of the molecule is C[C@]1(OCc2ccccc2)CO[C@H](CBr)OC1. The molecule has 0 radical (unpaired) electrons. The monoisotopic (exact) mass is 300 g/mol. The van der Waals surface area contributed by atoms with Crippen LogP contribution in [0.4, 0.5) is 0 Å². The molecule has 1 heterocycles. The number of benzene rings is 1. The van der Waals surface area contributed by atoms with E-state index in [4.69, 9.17) is 14.2 Å². The van der Waals surface area contributed by atoms with Crippen molar-refractivity contribution in [2.75, 3.05) is 18.5 Å². The first-order valence-corrected chi connectivity index (χ1v) is 6.81. The van der Waals surface area contributed by atoms with Crippen molar-refractivity contribution in [2.24, 2.45) is 0 Å². The molecule has 4 heteroatoms. The minimum atomic E-state index is -0.353. The summed E-state index contributed by atoms with van der Waals surface area (Å²) in [6, 6.07) is 10.1. The molecule has 1 fully saturated rings. The summed E-state index contributed by atoms with van der Waals surface area (Å²) >= 11 is 3.33. The van der Waals surface area contributed by atoms with Crippen LogP contribution in [0, 0.1) is 0 Å². The van der Waals surface area contributed by atoms with Gasteiger partial charge >= 0.3 is 0 Å². The summed E-state index contributed by atoms with van der Waals surface area (Å²) in [4.78, 5) is 0. The summed E-state index contributed by atoms with van der Waals surface area (Å²) in [6.07, 6.45) is -0.150. The predicted octanol–water partition coefficient (Wildman–Crippen LogP) is 2.73. The van der Waals surface area contributed by atoms with Gasteiger partial charge in [0.05, 0.1) is 25.2 Å². The number of hydrogen-bond donors (Lipinski definition) is 0. The molecule has 94 valence electrons. The molecule has 17 heavy (non-hydrogen) atoms. The lowest BCUT2D eigenvalue weighted by molar-refractivity contribution is -0.254. The van der Waals surface area contributed by atoms with Crippen LogP contribution in [-0.4, -0.2) is 30.4 Å². The Hall–Kier alpha value is -0.420. The first kappa shape index (κ1) is 13.0. The van der Waals surface area contributed by atoms with E-state index in [2.05, 4.69) is 28.1 Å². The zero-order valence-corrected chi connectivity index (χ0v) is 11.5. The summed E-state index contributed by atoms with van der Waals surface area (Å²) in [6.45, 7) is 3.73. The Morgan fingerprint density at radius 2 is 1.94 bits per heavy atom. The van der Waals surface area contributed by atoms with Gasteiger partial charge in [0, 0.05) is 0 Å². The maximum Gasteiger partial charge on any atom is 0.167 e. The van der Waals surface area contributed by atoms with Gasteiger partial charge in [0.25, 0.3) is 0 Å². The largest absolute Gasteiger partial charge is 0.366 e. The summed E-state index contributed by atoms with van der Waals surface area (Å²) in [5.41, 5.74) is 0.811. The van der Waals surface area contributed by atoms with Gasteiger partial charge in [-0.1, -0.05) is 46.3 Å². The smallest absolute Gasteiger partial charge is 0.167 e. The van der Waals surface area contributed by atoms with Crippen molar-refractivity contribution in [1.82, 2.24) is 0 Å². The van der Waals surface area contributed by atoms with Crippen LogP contribution in [0.1, 0.15) is 12.5 Å². The van der Waals surface area contributed by atoms with Crippen molar-refractivity contribution >= 4 is 15.9 Å². The van der Waals surface area contributed by atoms with E-state index in [1.54, 1.807) is 0 Å².